The minimum atomic E-state index is -0.206. The molecule has 0 bridgehead atoms. The topological polar surface area (TPSA) is 63.2 Å². The molecule has 2 aromatic rings. The van der Waals surface area contributed by atoms with Gasteiger partial charge in [-0.05, 0) is 35.9 Å². The molecule has 6 nitrogen and oxygen atoms in total. The lowest BCUT2D eigenvalue weighted by atomic mass is 10.1. The fourth-order valence-electron chi connectivity index (χ4n) is 2.68. The van der Waals surface area contributed by atoms with E-state index in [1.165, 1.54) is 28.4 Å². The molecule has 25 heavy (non-hydrogen) atoms. The molecule has 0 unspecified atom stereocenters. The van der Waals surface area contributed by atoms with Gasteiger partial charge in [-0.3, -0.25) is 4.79 Å². The second kappa shape index (κ2) is 6.76. The maximum Gasteiger partial charge on any atom is 0.232 e. The minimum absolute atomic E-state index is 0.203. The van der Waals surface area contributed by atoms with E-state index in [1.807, 2.05) is 0 Å². The Kier molecular flexibility index (Phi) is 4.52. The normalized spacial score (nSPS) is 14.1. The number of ether oxygens (including phenoxy) is 5. The number of ketones is 1. The molecule has 6 heteroatoms. The van der Waals surface area contributed by atoms with Crippen LogP contribution in [0.3, 0.4) is 0 Å². The Balaban J connectivity index is 2.04. The maximum atomic E-state index is 12.6. The van der Waals surface area contributed by atoms with Crippen molar-refractivity contribution < 1.29 is 28.5 Å². The van der Waals surface area contributed by atoms with Crippen molar-refractivity contribution in [3.63, 3.8) is 0 Å². The number of benzene rings is 2. The summed E-state index contributed by atoms with van der Waals surface area (Å²) in [5.74, 6) is 2.41. The molecule has 1 aliphatic rings. The van der Waals surface area contributed by atoms with Crippen LogP contribution >= 0.6 is 0 Å². The van der Waals surface area contributed by atoms with Crippen molar-refractivity contribution in [2.24, 2.45) is 0 Å². The molecule has 2 aromatic carbocycles. The summed E-state index contributed by atoms with van der Waals surface area (Å²) in [5, 5.41) is 0. The molecular formula is C19H18O6. The fraction of sp³-hybridized carbons (Fsp3) is 0.211. The number of hydrogen-bond acceptors (Lipinski definition) is 6. The van der Waals surface area contributed by atoms with Crippen LogP contribution in [-0.4, -0.2) is 34.2 Å². The molecular weight excluding hydrogens is 324 g/mol. The van der Waals surface area contributed by atoms with E-state index in [0.717, 1.165) is 0 Å². The van der Waals surface area contributed by atoms with Gasteiger partial charge in [-0.1, -0.05) is 6.07 Å². The number of allylic oxidation sites excluding steroid dienone is 1. The quantitative estimate of drug-likeness (QED) is 0.777. The van der Waals surface area contributed by atoms with Crippen LogP contribution < -0.4 is 23.7 Å². The van der Waals surface area contributed by atoms with Gasteiger partial charge in [0.05, 0.1) is 34.0 Å². The van der Waals surface area contributed by atoms with Crippen molar-refractivity contribution in [3.8, 4) is 28.7 Å². The van der Waals surface area contributed by atoms with E-state index in [1.54, 1.807) is 36.4 Å². The largest absolute Gasteiger partial charge is 0.493 e. The number of carbonyl (C=O) groups is 1. The number of Topliss-reactive ketones (excluding diaryl/α,β-unsaturated/α-hetero) is 1. The van der Waals surface area contributed by atoms with E-state index >= 15 is 0 Å². The lowest BCUT2D eigenvalue weighted by molar-refractivity contribution is 0.101. The van der Waals surface area contributed by atoms with Gasteiger partial charge in [0.25, 0.3) is 0 Å². The van der Waals surface area contributed by atoms with Gasteiger partial charge >= 0.3 is 0 Å². The van der Waals surface area contributed by atoms with Crippen LogP contribution in [0.15, 0.2) is 36.1 Å². The monoisotopic (exact) mass is 342 g/mol. The Labute approximate surface area is 145 Å². The second-order valence-corrected chi connectivity index (χ2v) is 5.24. The third kappa shape index (κ3) is 2.87. The molecule has 0 atom stereocenters. The summed E-state index contributed by atoms with van der Waals surface area (Å²) in [7, 11) is 6.13. The molecule has 0 aromatic heterocycles. The van der Waals surface area contributed by atoms with E-state index in [-0.39, 0.29) is 11.5 Å². The van der Waals surface area contributed by atoms with Crippen molar-refractivity contribution in [2.75, 3.05) is 28.4 Å². The average molecular weight is 342 g/mol. The van der Waals surface area contributed by atoms with Gasteiger partial charge in [-0.25, -0.2) is 0 Å². The van der Waals surface area contributed by atoms with Crippen LogP contribution in [0.25, 0.3) is 6.08 Å². The Bertz CT molecular complexity index is 828. The molecule has 0 saturated carbocycles. The third-order valence-corrected chi connectivity index (χ3v) is 3.86. The van der Waals surface area contributed by atoms with Gasteiger partial charge < -0.3 is 23.7 Å². The highest BCUT2D eigenvalue weighted by molar-refractivity contribution is 6.15. The van der Waals surface area contributed by atoms with Gasteiger partial charge in [0.15, 0.2) is 28.8 Å². The Morgan fingerprint density at radius 1 is 0.880 bits per heavy atom. The van der Waals surface area contributed by atoms with Crippen LogP contribution in [0.2, 0.25) is 0 Å². The zero-order chi connectivity index (χ0) is 18.0. The highest BCUT2D eigenvalue weighted by Crippen LogP contribution is 2.41. The molecule has 0 fully saturated rings. The molecule has 0 radical (unpaired) electrons. The van der Waals surface area contributed by atoms with Gasteiger partial charge in [-0.15, -0.1) is 0 Å². The summed E-state index contributed by atoms with van der Waals surface area (Å²) in [6, 6.07) is 8.68. The van der Waals surface area contributed by atoms with Crippen LogP contribution in [0.5, 0.6) is 28.7 Å². The predicted octanol–water partition coefficient (Wildman–Crippen LogP) is 3.34. The molecule has 3 rings (SSSR count). The minimum Gasteiger partial charge on any atom is -0.493 e. The summed E-state index contributed by atoms with van der Waals surface area (Å²) >= 11 is 0. The lowest BCUT2D eigenvalue weighted by Gasteiger charge is -2.13. The summed E-state index contributed by atoms with van der Waals surface area (Å²) < 4.78 is 26.9. The van der Waals surface area contributed by atoms with Crippen LogP contribution in [0, 0.1) is 0 Å². The number of carbonyl (C=O) groups excluding carboxylic acids is 1. The summed E-state index contributed by atoms with van der Waals surface area (Å²) in [6.07, 6.45) is 1.63. The first-order valence-electron chi connectivity index (χ1n) is 7.54. The van der Waals surface area contributed by atoms with Gasteiger partial charge in [0.2, 0.25) is 11.5 Å². The van der Waals surface area contributed by atoms with Crippen LogP contribution in [-0.2, 0) is 0 Å². The van der Waals surface area contributed by atoms with E-state index in [4.69, 9.17) is 23.7 Å². The van der Waals surface area contributed by atoms with Crippen molar-refractivity contribution in [3.05, 3.63) is 47.2 Å². The lowest BCUT2D eigenvalue weighted by Crippen LogP contribution is -1.99. The molecule has 0 N–H and O–H groups in total. The van der Waals surface area contributed by atoms with Crippen molar-refractivity contribution in [1.82, 2.24) is 0 Å². The van der Waals surface area contributed by atoms with Crippen molar-refractivity contribution >= 4 is 11.9 Å². The Hall–Kier alpha value is -3.15. The van der Waals surface area contributed by atoms with Crippen molar-refractivity contribution in [2.45, 2.75) is 0 Å². The summed E-state index contributed by atoms with van der Waals surface area (Å²) in [6.45, 7) is 0. The predicted molar refractivity (Wildman–Crippen MR) is 92.0 cm³/mol. The zero-order valence-corrected chi connectivity index (χ0v) is 14.4. The van der Waals surface area contributed by atoms with Gasteiger partial charge in [-0.2, -0.15) is 0 Å². The Morgan fingerprint density at radius 2 is 1.52 bits per heavy atom. The van der Waals surface area contributed by atoms with E-state index in [0.29, 0.717) is 39.9 Å². The summed E-state index contributed by atoms with van der Waals surface area (Å²) in [4.78, 5) is 12.6. The zero-order valence-electron chi connectivity index (χ0n) is 14.4. The number of fused-ring (bicyclic) bond motifs is 1. The first kappa shape index (κ1) is 16.7. The second-order valence-electron chi connectivity index (χ2n) is 5.24. The molecule has 1 aliphatic heterocycles. The first-order valence-corrected chi connectivity index (χ1v) is 7.54. The molecule has 0 saturated heterocycles. The number of hydrogen-bond donors (Lipinski definition) is 0. The highest BCUT2D eigenvalue weighted by Gasteiger charge is 2.30. The average Bonchev–Trinajstić information content (AvgIpc) is 2.96. The first-order chi connectivity index (χ1) is 12.1. The van der Waals surface area contributed by atoms with Crippen LogP contribution in [0.1, 0.15) is 15.9 Å². The molecule has 0 amide bonds. The fourth-order valence-corrected chi connectivity index (χ4v) is 2.68. The molecule has 0 aliphatic carbocycles. The number of rotatable bonds is 5. The van der Waals surface area contributed by atoms with Crippen molar-refractivity contribution in [1.29, 1.82) is 0 Å². The van der Waals surface area contributed by atoms with E-state index in [9.17, 15) is 4.79 Å². The van der Waals surface area contributed by atoms with Crippen LogP contribution in [0.4, 0.5) is 0 Å². The van der Waals surface area contributed by atoms with Gasteiger partial charge in [0.1, 0.15) is 0 Å². The SMILES string of the molecule is COc1cc(/C=C2\Oc3c(OC)cccc3C2=O)cc(OC)c1OC. The van der Waals surface area contributed by atoms with E-state index in [2.05, 4.69) is 0 Å². The maximum absolute atomic E-state index is 12.6. The summed E-state index contributed by atoms with van der Waals surface area (Å²) in [5.41, 5.74) is 1.16. The highest BCUT2D eigenvalue weighted by atomic mass is 16.5. The number of para-hydroxylation sites is 1. The standard InChI is InChI=1S/C19H18O6/c1-21-13-7-5-6-12-17(20)14(25-18(12)13)8-11-9-15(22-2)19(24-4)16(10-11)23-3/h5-10H,1-4H3/b14-8-. The molecule has 0 spiro atoms. The number of methoxy groups -OCH3 is 4. The molecule has 1 heterocycles. The third-order valence-electron chi connectivity index (χ3n) is 3.86. The smallest absolute Gasteiger partial charge is 0.232 e. The van der Waals surface area contributed by atoms with Gasteiger partial charge in [0, 0.05) is 0 Å². The molecule has 130 valence electrons. The Morgan fingerprint density at radius 3 is 2.08 bits per heavy atom. The van der Waals surface area contributed by atoms with E-state index < -0.39 is 0 Å².